The molecule has 0 unspecified atom stereocenters. The molecule has 0 N–H and O–H groups in total. The minimum absolute atomic E-state index is 0.0878. The van der Waals surface area contributed by atoms with Gasteiger partial charge in [-0.15, -0.1) is 12.6 Å². The van der Waals surface area contributed by atoms with E-state index in [1.807, 2.05) is 4.90 Å². The highest BCUT2D eigenvalue weighted by Crippen LogP contribution is 2.35. The topological polar surface area (TPSA) is 98.5 Å². The number of rotatable bonds is 6. The molecule has 1 aliphatic rings. The Morgan fingerprint density at radius 1 is 1.50 bits per heavy atom. The molecule has 0 aliphatic carbocycles. The molecule has 142 valence electrons. The first kappa shape index (κ1) is 21.6. The lowest BCUT2D eigenvalue weighted by atomic mass is 9.99. The second kappa shape index (κ2) is 11.2. The molecule has 0 atom stereocenters. The van der Waals surface area contributed by atoms with Crippen LogP contribution >= 0.6 is 12.6 Å². The van der Waals surface area contributed by atoms with E-state index in [0.29, 0.717) is 29.7 Å². The van der Waals surface area contributed by atoms with Crippen LogP contribution in [0.1, 0.15) is 32.4 Å². The Balaban J connectivity index is 0.000000597. The normalized spacial score (nSPS) is 14.9. The summed E-state index contributed by atoms with van der Waals surface area (Å²) in [5.41, 5.74) is 0.141. The van der Waals surface area contributed by atoms with E-state index in [1.165, 1.54) is 12.4 Å². The summed E-state index contributed by atoms with van der Waals surface area (Å²) in [6.07, 6.45) is 6.47. The summed E-state index contributed by atoms with van der Waals surface area (Å²) in [5.74, 6) is 1.02. The first-order valence-electron chi connectivity index (χ1n) is 8.27. The Bertz CT molecular complexity index is 658. The Labute approximate surface area is 158 Å². The van der Waals surface area contributed by atoms with Gasteiger partial charge in [-0.3, -0.25) is 14.9 Å². The molecule has 8 nitrogen and oxygen atoms in total. The summed E-state index contributed by atoms with van der Waals surface area (Å²) in [4.78, 5) is 30.7. The third-order valence-electron chi connectivity index (χ3n) is 3.82. The number of carbonyl (C=O) groups is 1. The van der Waals surface area contributed by atoms with E-state index in [2.05, 4.69) is 40.8 Å². The lowest BCUT2D eigenvalue weighted by Crippen LogP contribution is -2.34. The molecule has 1 fully saturated rings. The van der Waals surface area contributed by atoms with Gasteiger partial charge in [-0.25, -0.2) is 9.97 Å². The second-order valence-corrected chi connectivity index (χ2v) is 6.14. The van der Waals surface area contributed by atoms with Gasteiger partial charge in [0.1, 0.15) is 6.33 Å². The van der Waals surface area contributed by atoms with Crippen LogP contribution in [0.25, 0.3) is 4.91 Å². The highest BCUT2D eigenvalue weighted by molar-refractivity contribution is 7.90. The Morgan fingerprint density at radius 2 is 2.15 bits per heavy atom. The third-order valence-corrected chi connectivity index (χ3v) is 4.18. The molecular formula is C17H24N4O4S. The lowest BCUT2D eigenvalue weighted by molar-refractivity contribution is -0.384. The minimum atomic E-state index is -0.435. The zero-order chi connectivity index (χ0) is 19.5. The van der Waals surface area contributed by atoms with Crippen LogP contribution in [0, 0.1) is 16.0 Å². The van der Waals surface area contributed by atoms with Gasteiger partial charge in [-0.1, -0.05) is 19.6 Å². The number of thiol groups is 1. The molecular weight excluding hydrogens is 356 g/mol. The maximum Gasteiger partial charge on any atom is 0.338 e. The molecule has 0 bridgehead atoms. The van der Waals surface area contributed by atoms with Crippen molar-refractivity contribution in [2.75, 3.05) is 24.6 Å². The van der Waals surface area contributed by atoms with E-state index < -0.39 is 4.92 Å². The molecule has 0 spiro atoms. The second-order valence-electron chi connectivity index (χ2n) is 5.66. The standard InChI is InChI=1S/C14H18N4O2S.C3H6O2/c1-3-4-11(21)12-13(18(19)20)14(16-9-15-12)17-7-5-10(2)6-8-17;1-2-5-3-4/h3-4,9-10,21H,1,5-8H2,2H3;3H,2H2,1H3/b11-4-;. The molecule has 2 rings (SSSR count). The van der Waals surface area contributed by atoms with E-state index in [4.69, 9.17) is 0 Å². The summed E-state index contributed by atoms with van der Waals surface area (Å²) >= 11 is 4.27. The molecule has 1 aliphatic heterocycles. The lowest BCUT2D eigenvalue weighted by Gasteiger charge is -2.30. The van der Waals surface area contributed by atoms with Gasteiger partial charge in [-0.05, 0) is 31.8 Å². The average Bonchev–Trinajstić information content (AvgIpc) is 2.63. The van der Waals surface area contributed by atoms with Gasteiger partial charge < -0.3 is 9.64 Å². The maximum atomic E-state index is 11.5. The zero-order valence-corrected chi connectivity index (χ0v) is 15.9. The van der Waals surface area contributed by atoms with Crippen molar-refractivity contribution in [2.24, 2.45) is 5.92 Å². The highest BCUT2D eigenvalue weighted by Gasteiger charge is 2.29. The summed E-state index contributed by atoms with van der Waals surface area (Å²) < 4.78 is 4.15. The van der Waals surface area contributed by atoms with Crippen LogP contribution in [0.15, 0.2) is 25.1 Å². The zero-order valence-electron chi connectivity index (χ0n) is 15.0. The molecule has 1 aromatic rings. The van der Waals surface area contributed by atoms with E-state index in [-0.39, 0.29) is 11.4 Å². The van der Waals surface area contributed by atoms with Gasteiger partial charge in [0.15, 0.2) is 5.69 Å². The summed E-state index contributed by atoms with van der Waals surface area (Å²) in [7, 11) is 0. The van der Waals surface area contributed by atoms with E-state index in [9.17, 15) is 14.9 Å². The third kappa shape index (κ3) is 6.14. The average molecular weight is 380 g/mol. The minimum Gasteiger partial charge on any atom is -0.468 e. The van der Waals surface area contributed by atoms with Crippen LogP contribution in [-0.4, -0.2) is 41.1 Å². The van der Waals surface area contributed by atoms with Crippen molar-refractivity contribution in [1.82, 2.24) is 9.97 Å². The van der Waals surface area contributed by atoms with Gasteiger partial charge in [0.2, 0.25) is 5.82 Å². The SMILES string of the molecule is C=C/C=C(\S)c1ncnc(N2CCC(C)CC2)c1[N+](=O)[O-].CCOC=O. The monoisotopic (exact) mass is 380 g/mol. The van der Waals surface area contributed by atoms with Gasteiger partial charge in [0, 0.05) is 18.0 Å². The highest BCUT2D eigenvalue weighted by atomic mass is 32.1. The molecule has 9 heteroatoms. The number of anilines is 1. The van der Waals surface area contributed by atoms with E-state index >= 15 is 0 Å². The summed E-state index contributed by atoms with van der Waals surface area (Å²) in [5, 5.41) is 11.5. The summed E-state index contributed by atoms with van der Waals surface area (Å²) in [6.45, 7) is 9.97. The van der Waals surface area contributed by atoms with Crippen LogP contribution in [-0.2, 0) is 9.53 Å². The molecule has 0 amide bonds. The number of ether oxygens (including phenoxy) is 1. The smallest absolute Gasteiger partial charge is 0.338 e. The van der Waals surface area contributed by atoms with Gasteiger partial charge >= 0.3 is 5.69 Å². The van der Waals surface area contributed by atoms with Gasteiger partial charge in [-0.2, -0.15) is 0 Å². The van der Waals surface area contributed by atoms with Crippen LogP contribution in [0.3, 0.4) is 0 Å². The Hall–Kier alpha value is -2.42. The number of nitro groups is 1. The van der Waals surface area contributed by atoms with Crippen LogP contribution in [0.5, 0.6) is 0 Å². The molecule has 26 heavy (non-hydrogen) atoms. The van der Waals surface area contributed by atoms with Crippen molar-refractivity contribution < 1.29 is 14.5 Å². The van der Waals surface area contributed by atoms with Crippen LogP contribution in [0.2, 0.25) is 0 Å². The molecule has 0 saturated carbocycles. The largest absolute Gasteiger partial charge is 0.468 e. The molecule has 0 aromatic carbocycles. The van der Waals surface area contributed by atoms with Crippen LogP contribution < -0.4 is 4.90 Å². The van der Waals surface area contributed by atoms with Crippen molar-refractivity contribution in [3.8, 4) is 0 Å². The van der Waals surface area contributed by atoms with E-state index in [0.717, 1.165) is 25.9 Å². The first-order chi connectivity index (χ1) is 12.5. The predicted molar refractivity (Wildman–Crippen MR) is 104 cm³/mol. The van der Waals surface area contributed by atoms with Crippen molar-refractivity contribution in [3.63, 3.8) is 0 Å². The predicted octanol–water partition coefficient (Wildman–Crippen LogP) is 3.26. The molecule has 1 aromatic heterocycles. The van der Waals surface area contributed by atoms with Gasteiger partial charge in [0.25, 0.3) is 6.47 Å². The molecule has 0 radical (unpaired) electrons. The fourth-order valence-electron chi connectivity index (χ4n) is 2.44. The van der Waals surface area contributed by atoms with Gasteiger partial charge in [0.05, 0.1) is 11.5 Å². The number of hydrogen-bond donors (Lipinski definition) is 1. The number of nitrogens with zero attached hydrogens (tertiary/aromatic N) is 4. The van der Waals surface area contributed by atoms with Crippen LogP contribution in [0.4, 0.5) is 11.5 Å². The Morgan fingerprint density at radius 3 is 2.62 bits per heavy atom. The number of aromatic nitrogens is 2. The quantitative estimate of drug-likeness (QED) is 0.266. The van der Waals surface area contributed by atoms with Crippen molar-refractivity contribution in [3.05, 3.63) is 40.9 Å². The number of allylic oxidation sites excluding steroid dienone is 2. The maximum absolute atomic E-state index is 11.5. The number of piperidine rings is 1. The van der Waals surface area contributed by atoms with E-state index in [1.54, 1.807) is 13.0 Å². The first-order valence-corrected chi connectivity index (χ1v) is 8.72. The number of carbonyl (C=O) groups excluding carboxylic acids is 1. The van der Waals surface area contributed by atoms with Crippen molar-refractivity contribution >= 4 is 35.5 Å². The molecule has 1 saturated heterocycles. The van der Waals surface area contributed by atoms with Crippen molar-refractivity contribution in [1.29, 1.82) is 0 Å². The fraction of sp³-hybridized carbons (Fsp3) is 0.471. The summed E-state index contributed by atoms with van der Waals surface area (Å²) in [6, 6.07) is 0. The van der Waals surface area contributed by atoms with Crippen molar-refractivity contribution in [2.45, 2.75) is 26.7 Å². The number of hydrogen-bond acceptors (Lipinski definition) is 8. The Kier molecular flexibility index (Phi) is 9.35. The fourth-order valence-corrected chi connectivity index (χ4v) is 2.70. The molecule has 2 heterocycles.